The third kappa shape index (κ3) is 2.53. The molecule has 0 unspecified atom stereocenters. The van der Waals surface area contributed by atoms with E-state index in [4.69, 9.17) is 5.11 Å². The third-order valence-corrected chi connectivity index (χ3v) is 4.51. The van der Waals surface area contributed by atoms with E-state index < -0.39 is 5.97 Å². The quantitative estimate of drug-likeness (QED) is 0.798. The molecule has 0 aromatic heterocycles. The van der Waals surface area contributed by atoms with Crippen LogP contribution in [-0.4, -0.2) is 23.5 Å². The van der Waals surface area contributed by atoms with E-state index in [1.807, 2.05) is 24.3 Å². The van der Waals surface area contributed by atoms with Crippen LogP contribution in [0.4, 0.5) is 5.69 Å². The molecule has 0 saturated carbocycles. The van der Waals surface area contributed by atoms with Crippen LogP contribution >= 0.6 is 22.6 Å². The van der Waals surface area contributed by atoms with E-state index in [-0.39, 0.29) is 11.5 Å². The Balaban J connectivity index is 1.96. The molecule has 1 aliphatic heterocycles. The third-order valence-electron chi connectivity index (χ3n) is 3.57. The van der Waals surface area contributed by atoms with E-state index in [2.05, 4.69) is 22.6 Å². The highest BCUT2D eigenvalue weighted by atomic mass is 127. The van der Waals surface area contributed by atoms with Gasteiger partial charge in [-0.15, -0.1) is 0 Å². The lowest BCUT2D eigenvalue weighted by Gasteiger charge is -2.18. The predicted octanol–water partition coefficient (Wildman–Crippen LogP) is 3.19. The number of carboxylic acids is 1. The zero-order valence-corrected chi connectivity index (χ0v) is 13.2. The van der Waals surface area contributed by atoms with Crippen LogP contribution in [0.15, 0.2) is 42.5 Å². The molecule has 1 heterocycles. The van der Waals surface area contributed by atoms with Crippen molar-refractivity contribution in [3.63, 3.8) is 0 Å². The molecule has 2 aromatic carbocycles. The van der Waals surface area contributed by atoms with E-state index in [1.54, 1.807) is 23.1 Å². The van der Waals surface area contributed by atoms with Gasteiger partial charge in [0.1, 0.15) is 0 Å². The molecule has 2 aromatic rings. The molecule has 5 heteroatoms. The van der Waals surface area contributed by atoms with Crippen LogP contribution in [0.1, 0.15) is 26.3 Å². The van der Waals surface area contributed by atoms with E-state index in [0.717, 1.165) is 14.8 Å². The standard InChI is InChI=1S/C16H12INO3/c17-13-4-2-1-3-12(13)15(19)18-8-7-10-9-11(16(20)21)5-6-14(10)18/h1-6,9H,7-8H2,(H,20,21). The van der Waals surface area contributed by atoms with E-state index in [1.165, 1.54) is 0 Å². The first-order valence-electron chi connectivity index (χ1n) is 6.50. The summed E-state index contributed by atoms with van der Waals surface area (Å²) in [5.41, 5.74) is 2.66. The zero-order valence-electron chi connectivity index (χ0n) is 11.0. The fourth-order valence-electron chi connectivity index (χ4n) is 2.53. The summed E-state index contributed by atoms with van der Waals surface area (Å²) in [6.07, 6.45) is 0.686. The molecule has 0 aliphatic carbocycles. The largest absolute Gasteiger partial charge is 0.478 e. The number of carbonyl (C=O) groups is 2. The number of amides is 1. The molecule has 1 N–H and O–H groups in total. The second-order valence-corrected chi connectivity index (χ2v) is 6.00. The topological polar surface area (TPSA) is 57.6 Å². The molecule has 0 fully saturated rings. The van der Waals surface area contributed by atoms with Gasteiger partial charge in [0.15, 0.2) is 0 Å². The summed E-state index contributed by atoms with van der Waals surface area (Å²) in [6.45, 7) is 0.586. The van der Waals surface area contributed by atoms with Crippen molar-refractivity contribution >= 4 is 40.2 Å². The summed E-state index contributed by atoms with van der Waals surface area (Å²) in [4.78, 5) is 25.4. The van der Waals surface area contributed by atoms with Gasteiger partial charge in [-0.05, 0) is 64.9 Å². The molecule has 1 amide bonds. The van der Waals surface area contributed by atoms with Crippen LogP contribution in [0.5, 0.6) is 0 Å². The van der Waals surface area contributed by atoms with Crippen LogP contribution < -0.4 is 4.90 Å². The van der Waals surface area contributed by atoms with Gasteiger partial charge in [0.05, 0.1) is 11.1 Å². The minimum atomic E-state index is -0.944. The molecule has 3 rings (SSSR count). The molecular formula is C16H12INO3. The van der Waals surface area contributed by atoms with Gasteiger partial charge in [0.25, 0.3) is 5.91 Å². The van der Waals surface area contributed by atoms with Crippen molar-refractivity contribution < 1.29 is 14.7 Å². The minimum absolute atomic E-state index is 0.0400. The Morgan fingerprint density at radius 2 is 1.90 bits per heavy atom. The average molecular weight is 393 g/mol. The van der Waals surface area contributed by atoms with Gasteiger partial charge >= 0.3 is 5.97 Å². The van der Waals surface area contributed by atoms with Crippen molar-refractivity contribution in [3.05, 3.63) is 62.7 Å². The lowest BCUT2D eigenvalue weighted by Crippen LogP contribution is -2.29. The predicted molar refractivity (Wildman–Crippen MR) is 87.9 cm³/mol. The Morgan fingerprint density at radius 3 is 2.62 bits per heavy atom. The van der Waals surface area contributed by atoms with Crippen LogP contribution in [0, 0.1) is 3.57 Å². The minimum Gasteiger partial charge on any atom is -0.478 e. The van der Waals surface area contributed by atoms with Gasteiger partial charge in [0, 0.05) is 15.8 Å². The monoisotopic (exact) mass is 393 g/mol. The fourth-order valence-corrected chi connectivity index (χ4v) is 3.14. The normalized spacial score (nSPS) is 13.1. The molecule has 0 atom stereocenters. The molecular weight excluding hydrogens is 381 g/mol. The molecule has 106 valence electrons. The van der Waals surface area contributed by atoms with Crippen molar-refractivity contribution in [1.82, 2.24) is 0 Å². The Kier molecular flexibility index (Phi) is 3.67. The first kappa shape index (κ1) is 14.1. The van der Waals surface area contributed by atoms with Crippen LogP contribution in [-0.2, 0) is 6.42 Å². The second kappa shape index (κ2) is 5.48. The summed E-state index contributed by atoms with van der Waals surface area (Å²) in [6, 6.07) is 12.4. The molecule has 21 heavy (non-hydrogen) atoms. The molecule has 0 bridgehead atoms. The Bertz CT molecular complexity index is 742. The molecule has 0 radical (unpaired) electrons. The number of hydrogen-bond donors (Lipinski definition) is 1. The van der Waals surface area contributed by atoms with Crippen molar-refractivity contribution in [1.29, 1.82) is 0 Å². The maximum absolute atomic E-state index is 12.7. The van der Waals surface area contributed by atoms with Gasteiger partial charge < -0.3 is 10.0 Å². The lowest BCUT2D eigenvalue weighted by molar-refractivity contribution is 0.0696. The second-order valence-electron chi connectivity index (χ2n) is 4.84. The van der Waals surface area contributed by atoms with Gasteiger partial charge in [-0.3, -0.25) is 4.79 Å². The Labute approximate surface area is 135 Å². The van der Waals surface area contributed by atoms with E-state index in [9.17, 15) is 9.59 Å². The van der Waals surface area contributed by atoms with Crippen molar-refractivity contribution in [3.8, 4) is 0 Å². The fraction of sp³-hybridized carbons (Fsp3) is 0.125. The number of hydrogen-bond acceptors (Lipinski definition) is 2. The number of benzene rings is 2. The summed E-state index contributed by atoms with van der Waals surface area (Å²) >= 11 is 2.15. The average Bonchev–Trinajstić information content (AvgIpc) is 2.90. The Morgan fingerprint density at radius 1 is 1.14 bits per heavy atom. The molecule has 1 aliphatic rings. The van der Waals surface area contributed by atoms with Crippen LogP contribution in [0.2, 0.25) is 0 Å². The number of nitrogens with zero attached hydrogens (tertiary/aromatic N) is 1. The highest BCUT2D eigenvalue weighted by Crippen LogP contribution is 2.30. The zero-order chi connectivity index (χ0) is 15.0. The number of halogens is 1. The van der Waals surface area contributed by atoms with Crippen molar-refractivity contribution in [2.24, 2.45) is 0 Å². The number of carbonyl (C=O) groups excluding carboxylic acids is 1. The lowest BCUT2D eigenvalue weighted by atomic mass is 10.1. The van der Waals surface area contributed by atoms with Gasteiger partial charge in [0.2, 0.25) is 0 Å². The molecule has 0 saturated heterocycles. The summed E-state index contributed by atoms with van der Waals surface area (Å²) < 4.78 is 0.913. The highest BCUT2D eigenvalue weighted by molar-refractivity contribution is 14.1. The molecule has 0 spiro atoms. The maximum atomic E-state index is 12.7. The Hall–Kier alpha value is -1.89. The summed E-state index contributed by atoms with van der Waals surface area (Å²) in [5, 5.41) is 9.02. The van der Waals surface area contributed by atoms with Crippen LogP contribution in [0.25, 0.3) is 0 Å². The number of rotatable bonds is 2. The first-order valence-corrected chi connectivity index (χ1v) is 7.58. The van der Waals surface area contributed by atoms with Crippen LogP contribution in [0.3, 0.4) is 0 Å². The smallest absolute Gasteiger partial charge is 0.335 e. The number of aromatic carboxylic acids is 1. The summed E-state index contributed by atoms with van der Waals surface area (Å²) in [5.74, 6) is -0.984. The van der Waals surface area contributed by atoms with Crippen molar-refractivity contribution in [2.45, 2.75) is 6.42 Å². The highest BCUT2D eigenvalue weighted by Gasteiger charge is 2.27. The first-order chi connectivity index (χ1) is 10.1. The van der Waals surface area contributed by atoms with E-state index >= 15 is 0 Å². The van der Waals surface area contributed by atoms with Gasteiger partial charge in [-0.2, -0.15) is 0 Å². The van der Waals surface area contributed by atoms with E-state index in [0.29, 0.717) is 18.5 Å². The maximum Gasteiger partial charge on any atom is 0.335 e. The number of fused-ring (bicyclic) bond motifs is 1. The van der Waals surface area contributed by atoms with Crippen molar-refractivity contribution in [2.75, 3.05) is 11.4 Å². The number of anilines is 1. The van der Waals surface area contributed by atoms with Gasteiger partial charge in [-0.1, -0.05) is 12.1 Å². The van der Waals surface area contributed by atoms with Gasteiger partial charge in [-0.25, -0.2) is 4.79 Å². The number of carboxylic acid groups (broad SMARTS) is 1. The molecule has 4 nitrogen and oxygen atoms in total. The summed E-state index contributed by atoms with van der Waals surface area (Å²) in [7, 11) is 0. The SMILES string of the molecule is O=C(O)c1ccc2c(c1)CCN2C(=O)c1ccccc1I.